The van der Waals surface area contributed by atoms with E-state index in [2.05, 4.69) is 26.3 Å². The molecular weight excluding hydrogens is 434 g/mol. The third kappa shape index (κ3) is 8.47. The highest BCUT2D eigenvalue weighted by molar-refractivity contribution is 5.98. The van der Waals surface area contributed by atoms with Gasteiger partial charge in [-0.3, -0.25) is 29.0 Å². The summed E-state index contributed by atoms with van der Waals surface area (Å²) >= 11 is 0. The molecule has 13 heteroatoms. The summed E-state index contributed by atoms with van der Waals surface area (Å²) in [5.41, 5.74) is 11.4. The molecule has 1 heterocycles. The average molecular weight is 461 g/mol. The fourth-order valence-electron chi connectivity index (χ4n) is 3.07. The molecule has 1 aliphatic heterocycles. The maximum atomic E-state index is 12.7. The monoisotopic (exact) mass is 461 g/mol. The highest BCUT2D eigenvalue weighted by atomic mass is 16.4. The number of nitrogens with one attached hydrogen (secondary N) is 4. The second kappa shape index (κ2) is 12.0. The summed E-state index contributed by atoms with van der Waals surface area (Å²) in [5, 5.41) is 18.9. The summed E-state index contributed by atoms with van der Waals surface area (Å²) < 4.78 is 0. The molecule has 2 bridgehead atoms. The van der Waals surface area contributed by atoms with Crippen molar-refractivity contribution in [2.75, 3.05) is 13.1 Å². The van der Waals surface area contributed by atoms with Crippen molar-refractivity contribution in [2.24, 2.45) is 16.5 Å². The number of guanidine groups is 1. The molecule has 2 atom stereocenters. The van der Waals surface area contributed by atoms with E-state index >= 15 is 0 Å². The van der Waals surface area contributed by atoms with Crippen LogP contribution in [0.1, 0.15) is 35.2 Å². The van der Waals surface area contributed by atoms with Gasteiger partial charge in [-0.25, -0.2) is 0 Å². The molecule has 1 aliphatic rings. The zero-order chi connectivity index (χ0) is 24.4. The van der Waals surface area contributed by atoms with Gasteiger partial charge in [0.1, 0.15) is 12.1 Å². The first-order valence-electron chi connectivity index (χ1n) is 10.2. The quantitative estimate of drug-likeness (QED) is 0.137. The number of hydrogen-bond donors (Lipinski definition) is 7. The van der Waals surface area contributed by atoms with Gasteiger partial charge in [-0.1, -0.05) is 12.1 Å². The van der Waals surface area contributed by atoms with Crippen molar-refractivity contribution in [2.45, 2.75) is 37.9 Å². The third-order valence-corrected chi connectivity index (χ3v) is 4.68. The Labute approximate surface area is 189 Å². The van der Waals surface area contributed by atoms with Crippen molar-refractivity contribution < 1.29 is 29.1 Å². The molecule has 0 unspecified atom stereocenters. The molecule has 33 heavy (non-hydrogen) atoms. The van der Waals surface area contributed by atoms with Gasteiger partial charge in [0, 0.05) is 18.7 Å². The standard InChI is InChI=1S/C20H27N7O6/c21-20(22)23-6-2-5-13-18(32)25-10-15(28)26-14(8-16(29)30)19(33)24-9-11-3-1-4-12(7-11)17(31)27-13/h1,3-4,7,13-14H,2,5-6,8-10H2,(H,24,33)(H,25,32)(H,26,28)(H,27,31)(H,29,30)(H4,21,22,23)/t13-,14-/m0/s1. The number of carboxylic acids is 1. The molecule has 0 aromatic heterocycles. The van der Waals surface area contributed by atoms with Crippen molar-refractivity contribution in [3.8, 4) is 0 Å². The van der Waals surface area contributed by atoms with E-state index in [0.717, 1.165) is 0 Å². The van der Waals surface area contributed by atoms with Gasteiger partial charge in [0.15, 0.2) is 5.96 Å². The lowest BCUT2D eigenvalue weighted by Crippen LogP contribution is -2.52. The number of nitrogens with two attached hydrogens (primary N) is 2. The van der Waals surface area contributed by atoms with Crippen molar-refractivity contribution in [1.82, 2.24) is 21.3 Å². The summed E-state index contributed by atoms with van der Waals surface area (Å²) in [6.07, 6.45) is -0.0715. The van der Waals surface area contributed by atoms with Crippen LogP contribution in [0.15, 0.2) is 29.3 Å². The van der Waals surface area contributed by atoms with Crippen molar-refractivity contribution in [3.63, 3.8) is 0 Å². The van der Waals surface area contributed by atoms with Crippen LogP contribution in [0.5, 0.6) is 0 Å². The van der Waals surface area contributed by atoms with Crippen LogP contribution in [-0.4, -0.2) is 65.8 Å². The highest BCUT2D eigenvalue weighted by Crippen LogP contribution is 2.08. The van der Waals surface area contributed by atoms with Gasteiger partial charge >= 0.3 is 5.97 Å². The number of nitrogens with zero attached hydrogens (tertiary/aromatic N) is 1. The van der Waals surface area contributed by atoms with Gasteiger partial charge in [-0.05, 0) is 30.5 Å². The predicted molar refractivity (Wildman–Crippen MR) is 117 cm³/mol. The number of carboxylic acid groups (broad SMARTS) is 1. The van der Waals surface area contributed by atoms with E-state index in [9.17, 15) is 24.0 Å². The van der Waals surface area contributed by atoms with Crippen LogP contribution in [0, 0.1) is 0 Å². The number of hydrogen-bond acceptors (Lipinski definition) is 6. The Morgan fingerprint density at radius 1 is 1.03 bits per heavy atom. The zero-order valence-electron chi connectivity index (χ0n) is 17.8. The summed E-state index contributed by atoms with van der Waals surface area (Å²) in [5.74, 6) is -4.00. The zero-order valence-corrected chi connectivity index (χ0v) is 17.8. The number of benzene rings is 1. The Balaban J connectivity index is 2.26. The minimum Gasteiger partial charge on any atom is -0.481 e. The lowest BCUT2D eigenvalue weighted by molar-refractivity contribution is -0.140. The summed E-state index contributed by atoms with van der Waals surface area (Å²) in [7, 11) is 0. The smallest absolute Gasteiger partial charge is 0.305 e. The average Bonchev–Trinajstić information content (AvgIpc) is 2.76. The number of aliphatic imine (C=N–C) groups is 1. The normalized spacial score (nSPS) is 19.6. The van der Waals surface area contributed by atoms with Gasteiger partial charge in [-0.2, -0.15) is 0 Å². The molecule has 0 saturated heterocycles. The van der Waals surface area contributed by atoms with E-state index in [-0.39, 0.29) is 31.0 Å². The molecule has 2 rings (SSSR count). The van der Waals surface area contributed by atoms with Gasteiger partial charge in [-0.15, -0.1) is 0 Å². The fourth-order valence-corrected chi connectivity index (χ4v) is 3.07. The number of carbonyl (C=O) groups is 5. The van der Waals surface area contributed by atoms with Gasteiger partial charge in [0.25, 0.3) is 5.91 Å². The Morgan fingerprint density at radius 3 is 2.42 bits per heavy atom. The van der Waals surface area contributed by atoms with Crippen LogP contribution in [0.3, 0.4) is 0 Å². The molecule has 178 valence electrons. The predicted octanol–water partition coefficient (Wildman–Crippen LogP) is -2.46. The number of carbonyl (C=O) groups excluding carboxylic acids is 4. The molecule has 1 aromatic rings. The lowest BCUT2D eigenvalue weighted by Gasteiger charge is -2.19. The van der Waals surface area contributed by atoms with E-state index in [1.54, 1.807) is 18.2 Å². The Morgan fingerprint density at radius 2 is 1.73 bits per heavy atom. The van der Waals surface area contributed by atoms with Crippen LogP contribution in [-0.2, 0) is 25.7 Å². The number of rotatable bonds is 6. The van der Waals surface area contributed by atoms with Crippen molar-refractivity contribution in [1.29, 1.82) is 0 Å². The molecule has 9 N–H and O–H groups in total. The van der Waals surface area contributed by atoms with Crippen molar-refractivity contribution in [3.05, 3.63) is 35.4 Å². The summed E-state index contributed by atoms with van der Waals surface area (Å²) in [4.78, 5) is 65.0. The largest absolute Gasteiger partial charge is 0.481 e. The maximum Gasteiger partial charge on any atom is 0.305 e. The summed E-state index contributed by atoms with van der Waals surface area (Å²) in [6.45, 7) is -0.274. The van der Waals surface area contributed by atoms with Gasteiger partial charge in [0.2, 0.25) is 17.7 Å². The third-order valence-electron chi connectivity index (χ3n) is 4.68. The molecule has 0 saturated carbocycles. The lowest BCUT2D eigenvalue weighted by atomic mass is 10.1. The topological polar surface area (TPSA) is 218 Å². The Bertz CT molecular complexity index is 945. The van der Waals surface area contributed by atoms with E-state index in [1.807, 2.05) is 0 Å². The van der Waals surface area contributed by atoms with E-state index in [1.165, 1.54) is 6.07 Å². The van der Waals surface area contributed by atoms with Crippen LogP contribution < -0.4 is 32.7 Å². The minimum atomic E-state index is -1.34. The van der Waals surface area contributed by atoms with E-state index in [4.69, 9.17) is 16.6 Å². The second-order valence-corrected chi connectivity index (χ2v) is 7.33. The second-order valence-electron chi connectivity index (χ2n) is 7.33. The number of fused-ring (bicyclic) bond motifs is 2. The minimum absolute atomic E-state index is 0.00503. The Hall–Kier alpha value is -4.16. The first-order chi connectivity index (χ1) is 15.7. The summed E-state index contributed by atoms with van der Waals surface area (Å²) in [6, 6.07) is 4.04. The highest BCUT2D eigenvalue weighted by Gasteiger charge is 2.26. The van der Waals surface area contributed by atoms with Gasteiger partial charge in [0.05, 0.1) is 13.0 Å². The molecule has 1 aromatic carbocycles. The fraction of sp³-hybridized carbons (Fsp3) is 0.400. The number of aliphatic carboxylic acids is 1. The first kappa shape index (κ1) is 25.1. The SMILES string of the molecule is NC(N)=NCCC[C@@H]1NC(=O)c2cccc(c2)CNC(=O)[C@H](CC(=O)O)NC(=O)CNC1=O. The molecule has 4 amide bonds. The molecule has 13 nitrogen and oxygen atoms in total. The molecule has 0 fully saturated rings. The van der Waals surface area contributed by atoms with Crippen molar-refractivity contribution >= 4 is 35.6 Å². The number of amides is 4. The van der Waals surface area contributed by atoms with Crippen LogP contribution >= 0.6 is 0 Å². The first-order valence-corrected chi connectivity index (χ1v) is 10.2. The maximum absolute atomic E-state index is 12.7. The Kier molecular flexibility index (Phi) is 9.15. The molecule has 0 radical (unpaired) electrons. The van der Waals surface area contributed by atoms with E-state index < -0.39 is 54.6 Å². The van der Waals surface area contributed by atoms with E-state index in [0.29, 0.717) is 12.0 Å². The molecular formula is C20H27N7O6. The molecule has 0 aliphatic carbocycles. The molecule has 0 spiro atoms. The van der Waals surface area contributed by atoms with Crippen LogP contribution in [0.2, 0.25) is 0 Å². The van der Waals surface area contributed by atoms with Gasteiger partial charge < -0.3 is 37.8 Å². The van der Waals surface area contributed by atoms with Crippen LogP contribution in [0.25, 0.3) is 0 Å². The van der Waals surface area contributed by atoms with Crippen LogP contribution in [0.4, 0.5) is 0 Å².